The molecule has 0 aliphatic carbocycles. The first-order valence-electron chi connectivity index (χ1n) is 4.79. The molecule has 0 bridgehead atoms. The van der Waals surface area contributed by atoms with E-state index in [9.17, 15) is 9.59 Å². The van der Waals surface area contributed by atoms with Gasteiger partial charge >= 0.3 is 5.97 Å². The largest absolute Gasteiger partial charge is 0.465 e. The van der Waals surface area contributed by atoms with Gasteiger partial charge in [-0.3, -0.25) is 9.59 Å². The molecule has 82 valence electrons. The van der Waals surface area contributed by atoms with Crippen LogP contribution in [0.5, 0.6) is 0 Å². The molecule has 0 saturated carbocycles. The molecule has 0 aromatic heterocycles. The minimum Gasteiger partial charge on any atom is -0.465 e. The maximum absolute atomic E-state index is 11.6. The molecule has 0 fully saturated rings. The van der Waals surface area contributed by atoms with Gasteiger partial charge in [-0.05, 0) is 20.3 Å². The van der Waals surface area contributed by atoms with Crippen molar-refractivity contribution in [1.29, 1.82) is 0 Å². The van der Waals surface area contributed by atoms with Crippen LogP contribution in [0.3, 0.4) is 0 Å². The Morgan fingerprint density at radius 3 is 2.29 bits per heavy atom. The van der Waals surface area contributed by atoms with Crippen molar-refractivity contribution in [2.75, 3.05) is 11.9 Å². The minimum atomic E-state index is -0.978. The van der Waals surface area contributed by atoms with Gasteiger partial charge in [0.05, 0.1) is 11.9 Å². The van der Waals surface area contributed by atoms with Crippen molar-refractivity contribution in [3.05, 3.63) is 0 Å². The van der Waals surface area contributed by atoms with Crippen molar-refractivity contribution < 1.29 is 14.3 Å². The Hall–Kier alpha value is -0.380. The van der Waals surface area contributed by atoms with Crippen LogP contribution in [0.2, 0.25) is 0 Å². The quantitative estimate of drug-likeness (QED) is 0.420. The lowest BCUT2D eigenvalue weighted by Crippen LogP contribution is -2.38. The highest BCUT2D eigenvalue weighted by molar-refractivity contribution is 9.09. The molecule has 0 heterocycles. The lowest BCUT2D eigenvalue weighted by Gasteiger charge is -2.24. The van der Waals surface area contributed by atoms with E-state index in [1.807, 2.05) is 6.92 Å². The maximum Gasteiger partial charge on any atom is 0.319 e. The second kappa shape index (κ2) is 6.17. The Labute approximate surface area is 93.3 Å². The molecule has 0 aliphatic rings. The summed E-state index contributed by atoms with van der Waals surface area (Å²) in [5.41, 5.74) is -0.978. The first-order valence-corrected chi connectivity index (χ1v) is 5.91. The Morgan fingerprint density at radius 1 is 1.36 bits per heavy atom. The van der Waals surface area contributed by atoms with Gasteiger partial charge in [0, 0.05) is 0 Å². The molecule has 0 saturated heterocycles. The first kappa shape index (κ1) is 13.6. The molecular formula is C10H17BrO3. The summed E-state index contributed by atoms with van der Waals surface area (Å²) in [4.78, 5) is 23.2. The number of ketones is 1. The van der Waals surface area contributed by atoms with Crippen LogP contribution in [0.4, 0.5) is 0 Å². The molecular weight excluding hydrogens is 248 g/mol. The molecule has 3 nitrogen and oxygen atoms in total. The van der Waals surface area contributed by atoms with Gasteiger partial charge in [-0.1, -0.05) is 29.3 Å². The second-order valence-corrected chi connectivity index (χ2v) is 3.92. The van der Waals surface area contributed by atoms with Crippen molar-refractivity contribution in [3.63, 3.8) is 0 Å². The van der Waals surface area contributed by atoms with E-state index in [2.05, 4.69) is 15.9 Å². The number of alkyl halides is 1. The molecule has 1 unspecified atom stereocenters. The van der Waals surface area contributed by atoms with Crippen LogP contribution in [0, 0.1) is 5.41 Å². The molecule has 1 atom stereocenters. The molecule has 0 radical (unpaired) electrons. The Balaban J connectivity index is 4.69. The fourth-order valence-electron chi connectivity index (χ4n) is 1.29. The summed E-state index contributed by atoms with van der Waals surface area (Å²) >= 11 is 3.08. The molecule has 4 heteroatoms. The predicted molar refractivity (Wildman–Crippen MR) is 58.4 cm³/mol. The van der Waals surface area contributed by atoms with E-state index in [-0.39, 0.29) is 11.1 Å². The molecule has 0 aromatic rings. The van der Waals surface area contributed by atoms with Crippen LogP contribution in [-0.4, -0.2) is 23.7 Å². The molecule has 0 aromatic carbocycles. The van der Waals surface area contributed by atoms with Crippen molar-refractivity contribution in [1.82, 2.24) is 0 Å². The van der Waals surface area contributed by atoms with Gasteiger partial charge in [-0.15, -0.1) is 0 Å². The predicted octanol–water partition coefficient (Wildman–Crippen LogP) is 2.32. The lowest BCUT2D eigenvalue weighted by atomic mass is 9.82. The zero-order chi connectivity index (χ0) is 11.2. The average molecular weight is 265 g/mol. The van der Waals surface area contributed by atoms with Crippen LogP contribution in [-0.2, 0) is 14.3 Å². The maximum atomic E-state index is 11.6. The summed E-state index contributed by atoms with van der Waals surface area (Å²) in [7, 11) is 0. The summed E-state index contributed by atoms with van der Waals surface area (Å²) in [5.74, 6) is -0.524. The zero-order valence-corrected chi connectivity index (χ0v) is 10.5. The van der Waals surface area contributed by atoms with Crippen molar-refractivity contribution >= 4 is 27.7 Å². The molecule has 0 spiro atoms. The number of carbonyl (C=O) groups excluding carboxylic acids is 2. The summed E-state index contributed by atoms with van der Waals surface area (Å²) in [6.07, 6.45) is 1.32. The number of ether oxygens (including phenoxy) is 1. The summed E-state index contributed by atoms with van der Waals surface area (Å²) < 4.78 is 4.90. The SMILES string of the molecule is CCCC(C)(C(=O)CBr)C(=O)OCC. The standard InChI is InChI=1S/C10H17BrO3/c1-4-6-10(3,8(12)7-11)9(13)14-5-2/h4-7H2,1-3H3. The number of hydrogen-bond donors (Lipinski definition) is 0. The molecule has 14 heavy (non-hydrogen) atoms. The smallest absolute Gasteiger partial charge is 0.319 e. The Bertz CT molecular complexity index is 215. The van der Waals surface area contributed by atoms with Gasteiger partial charge in [0.2, 0.25) is 0 Å². The highest BCUT2D eigenvalue weighted by Crippen LogP contribution is 2.27. The van der Waals surface area contributed by atoms with E-state index in [0.29, 0.717) is 13.0 Å². The van der Waals surface area contributed by atoms with E-state index in [0.717, 1.165) is 6.42 Å². The second-order valence-electron chi connectivity index (χ2n) is 3.36. The number of hydrogen-bond acceptors (Lipinski definition) is 3. The highest BCUT2D eigenvalue weighted by Gasteiger charge is 2.40. The fraction of sp³-hybridized carbons (Fsp3) is 0.800. The normalized spacial score (nSPS) is 14.6. The highest BCUT2D eigenvalue weighted by atomic mass is 79.9. The topological polar surface area (TPSA) is 43.4 Å². The Morgan fingerprint density at radius 2 is 1.93 bits per heavy atom. The van der Waals surface area contributed by atoms with E-state index >= 15 is 0 Å². The van der Waals surface area contributed by atoms with Crippen LogP contribution >= 0.6 is 15.9 Å². The summed E-state index contributed by atoms with van der Waals surface area (Å²) in [6, 6.07) is 0. The molecule has 0 amide bonds. The van der Waals surface area contributed by atoms with Crippen molar-refractivity contribution in [2.45, 2.75) is 33.6 Å². The molecule has 0 rings (SSSR count). The third kappa shape index (κ3) is 3.08. The van der Waals surface area contributed by atoms with E-state index in [1.165, 1.54) is 0 Å². The van der Waals surface area contributed by atoms with Crippen LogP contribution in [0.15, 0.2) is 0 Å². The number of esters is 1. The van der Waals surface area contributed by atoms with Crippen LogP contribution in [0.25, 0.3) is 0 Å². The van der Waals surface area contributed by atoms with Crippen LogP contribution < -0.4 is 0 Å². The monoisotopic (exact) mass is 264 g/mol. The number of rotatable bonds is 6. The average Bonchev–Trinajstić information content (AvgIpc) is 2.17. The fourth-order valence-corrected chi connectivity index (χ4v) is 1.91. The van der Waals surface area contributed by atoms with E-state index in [1.54, 1.807) is 13.8 Å². The third-order valence-corrected chi connectivity index (χ3v) is 2.72. The van der Waals surface area contributed by atoms with Crippen molar-refractivity contribution in [3.8, 4) is 0 Å². The molecule has 0 N–H and O–H groups in total. The Kier molecular flexibility index (Phi) is 6.00. The summed E-state index contributed by atoms with van der Waals surface area (Å²) in [6.45, 7) is 5.65. The number of halogens is 1. The van der Waals surface area contributed by atoms with Gasteiger partial charge < -0.3 is 4.74 Å². The third-order valence-electron chi connectivity index (χ3n) is 2.21. The summed E-state index contributed by atoms with van der Waals surface area (Å²) in [5, 5.41) is 0.197. The first-order chi connectivity index (χ1) is 6.52. The van der Waals surface area contributed by atoms with Crippen LogP contribution in [0.1, 0.15) is 33.6 Å². The van der Waals surface area contributed by atoms with Crippen molar-refractivity contribution in [2.24, 2.45) is 5.41 Å². The number of carbonyl (C=O) groups is 2. The van der Waals surface area contributed by atoms with Gasteiger partial charge in [0.25, 0.3) is 0 Å². The van der Waals surface area contributed by atoms with Gasteiger partial charge in [-0.2, -0.15) is 0 Å². The number of Topliss-reactive ketones (excluding diaryl/α,β-unsaturated/α-hetero) is 1. The lowest BCUT2D eigenvalue weighted by molar-refractivity contribution is -0.158. The van der Waals surface area contributed by atoms with Gasteiger partial charge in [-0.25, -0.2) is 0 Å². The van der Waals surface area contributed by atoms with Gasteiger partial charge in [0.15, 0.2) is 5.78 Å². The minimum absolute atomic E-state index is 0.113. The van der Waals surface area contributed by atoms with E-state index in [4.69, 9.17) is 4.74 Å². The zero-order valence-electron chi connectivity index (χ0n) is 8.93. The molecule has 0 aliphatic heterocycles. The van der Waals surface area contributed by atoms with Gasteiger partial charge in [0.1, 0.15) is 5.41 Å². The van der Waals surface area contributed by atoms with E-state index < -0.39 is 11.4 Å².